The van der Waals surface area contributed by atoms with Crippen LogP contribution >= 0.6 is 0 Å². The predicted octanol–water partition coefficient (Wildman–Crippen LogP) is 1.52. The summed E-state index contributed by atoms with van der Waals surface area (Å²) in [5.41, 5.74) is 0. The SMILES string of the molecule is C/C=C\N(CC)C(=O)O. The van der Waals surface area contributed by atoms with Gasteiger partial charge in [-0.25, -0.2) is 4.79 Å². The maximum atomic E-state index is 10.2. The van der Waals surface area contributed by atoms with Crippen LogP contribution in [0, 0.1) is 0 Å². The molecule has 52 valence electrons. The van der Waals surface area contributed by atoms with Gasteiger partial charge in [-0.3, -0.25) is 4.90 Å². The molecule has 3 nitrogen and oxygen atoms in total. The van der Waals surface area contributed by atoms with E-state index in [-0.39, 0.29) is 0 Å². The smallest absolute Gasteiger partial charge is 0.411 e. The van der Waals surface area contributed by atoms with Crippen molar-refractivity contribution in [3.63, 3.8) is 0 Å². The molecule has 9 heavy (non-hydrogen) atoms. The van der Waals surface area contributed by atoms with E-state index >= 15 is 0 Å². The van der Waals surface area contributed by atoms with Crippen LogP contribution in [0.15, 0.2) is 12.3 Å². The van der Waals surface area contributed by atoms with Gasteiger partial charge in [0, 0.05) is 12.7 Å². The highest BCUT2D eigenvalue weighted by molar-refractivity contribution is 5.66. The maximum absolute atomic E-state index is 10.2. The molecule has 0 bridgehead atoms. The molecule has 1 N–H and O–H groups in total. The number of hydrogen-bond donors (Lipinski definition) is 1. The minimum atomic E-state index is -0.907. The number of rotatable bonds is 2. The van der Waals surface area contributed by atoms with Crippen LogP contribution in [0.25, 0.3) is 0 Å². The minimum Gasteiger partial charge on any atom is -0.465 e. The molecule has 0 radical (unpaired) electrons. The van der Waals surface area contributed by atoms with Gasteiger partial charge >= 0.3 is 6.09 Å². The second-order valence-electron chi connectivity index (χ2n) is 1.55. The second kappa shape index (κ2) is 3.95. The van der Waals surface area contributed by atoms with Crippen LogP contribution in [-0.4, -0.2) is 22.6 Å². The van der Waals surface area contributed by atoms with Gasteiger partial charge in [0.2, 0.25) is 0 Å². The van der Waals surface area contributed by atoms with Gasteiger partial charge in [0.25, 0.3) is 0 Å². The zero-order valence-electron chi connectivity index (χ0n) is 5.66. The molecule has 0 saturated heterocycles. The summed E-state index contributed by atoms with van der Waals surface area (Å²) in [6.45, 7) is 4.07. The van der Waals surface area contributed by atoms with Gasteiger partial charge in [0.15, 0.2) is 0 Å². The van der Waals surface area contributed by atoms with Crippen molar-refractivity contribution in [3.05, 3.63) is 12.3 Å². The van der Waals surface area contributed by atoms with Crippen LogP contribution in [0.4, 0.5) is 4.79 Å². The fourth-order valence-electron chi connectivity index (χ4n) is 0.484. The van der Waals surface area contributed by atoms with Gasteiger partial charge in [0.1, 0.15) is 0 Å². The first kappa shape index (κ1) is 8.01. The lowest BCUT2D eigenvalue weighted by Crippen LogP contribution is -2.22. The van der Waals surface area contributed by atoms with E-state index in [9.17, 15) is 4.79 Å². The summed E-state index contributed by atoms with van der Waals surface area (Å²) >= 11 is 0. The van der Waals surface area contributed by atoms with Crippen LogP contribution in [0.5, 0.6) is 0 Å². The van der Waals surface area contributed by atoms with Gasteiger partial charge < -0.3 is 5.11 Å². The molecule has 0 aliphatic heterocycles. The molecule has 0 aromatic rings. The summed E-state index contributed by atoms with van der Waals surface area (Å²) in [5.74, 6) is 0. The molecule has 0 fully saturated rings. The highest BCUT2D eigenvalue weighted by Crippen LogP contribution is 1.88. The highest BCUT2D eigenvalue weighted by atomic mass is 16.4. The van der Waals surface area contributed by atoms with E-state index < -0.39 is 6.09 Å². The monoisotopic (exact) mass is 129 g/mol. The topological polar surface area (TPSA) is 40.5 Å². The van der Waals surface area contributed by atoms with Crippen LogP contribution in [-0.2, 0) is 0 Å². The molecule has 0 unspecified atom stereocenters. The van der Waals surface area contributed by atoms with Crippen LogP contribution < -0.4 is 0 Å². The van der Waals surface area contributed by atoms with Gasteiger partial charge in [-0.1, -0.05) is 6.08 Å². The number of allylic oxidation sites excluding steroid dienone is 1. The van der Waals surface area contributed by atoms with Crippen molar-refractivity contribution in [3.8, 4) is 0 Å². The molecule has 0 aliphatic carbocycles. The quantitative estimate of drug-likeness (QED) is 0.614. The number of carboxylic acid groups (broad SMARTS) is 1. The Morgan fingerprint density at radius 2 is 2.33 bits per heavy atom. The summed E-state index contributed by atoms with van der Waals surface area (Å²) < 4.78 is 0. The molecule has 0 spiro atoms. The van der Waals surface area contributed by atoms with Gasteiger partial charge in [-0.2, -0.15) is 0 Å². The molecule has 0 aromatic heterocycles. The zero-order chi connectivity index (χ0) is 7.28. The van der Waals surface area contributed by atoms with Crippen molar-refractivity contribution in [2.75, 3.05) is 6.54 Å². The van der Waals surface area contributed by atoms with Crippen molar-refractivity contribution in [2.45, 2.75) is 13.8 Å². The fraction of sp³-hybridized carbons (Fsp3) is 0.500. The van der Waals surface area contributed by atoms with Crippen LogP contribution in [0.3, 0.4) is 0 Å². The van der Waals surface area contributed by atoms with Crippen LogP contribution in [0.1, 0.15) is 13.8 Å². The Hall–Kier alpha value is -0.990. The number of nitrogens with zero attached hydrogens (tertiary/aromatic N) is 1. The summed E-state index contributed by atoms with van der Waals surface area (Å²) in [6, 6.07) is 0. The molecule has 3 heteroatoms. The molecule has 1 amide bonds. The van der Waals surface area contributed by atoms with Gasteiger partial charge in [-0.15, -0.1) is 0 Å². The largest absolute Gasteiger partial charge is 0.465 e. The molecule has 0 saturated carbocycles. The summed E-state index contributed by atoms with van der Waals surface area (Å²) in [5, 5.41) is 8.38. The molecular weight excluding hydrogens is 118 g/mol. The predicted molar refractivity (Wildman–Crippen MR) is 35.2 cm³/mol. The zero-order valence-corrected chi connectivity index (χ0v) is 5.66. The number of carbonyl (C=O) groups is 1. The molecule has 0 atom stereocenters. The lowest BCUT2D eigenvalue weighted by molar-refractivity contribution is 0.165. The van der Waals surface area contributed by atoms with E-state index in [2.05, 4.69) is 0 Å². The third kappa shape index (κ3) is 2.74. The molecule has 0 rings (SSSR count). The highest BCUT2D eigenvalue weighted by Gasteiger charge is 2.01. The van der Waals surface area contributed by atoms with E-state index in [1.807, 2.05) is 0 Å². The lowest BCUT2D eigenvalue weighted by atomic mass is 10.6. The van der Waals surface area contributed by atoms with Crippen molar-refractivity contribution in [1.82, 2.24) is 4.90 Å². The average molecular weight is 129 g/mol. The van der Waals surface area contributed by atoms with Gasteiger partial charge in [-0.05, 0) is 13.8 Å². The second-order valence-corrected chi connectivity index (χ2v) is 1.55. The fourth-order valence-corrected chi connectivity index (χ4v) is 0.484. The van der Waals surface area contributed by atoms with Crippen molar-refractivity contribution < 1.29 is 9.90 Å². The Morgan fingerprint density at radius 3 is 2.44 bits per heavy atom. The maximum Gasteiger partial charge on any atom is 0.411 e. The first-order valence-corrected chi connectivity index (χ1v) is 2.84. The Balaban J connectivity index is 3.83. The molecule has 0 heterocycles. The van der Waals surface area contributed by atoms with Gasteiger partial charge in [0.05, 0.1) is 0 Å². The van der Waals surface area contributed by atoms with E-state index in [1.165, 1.54) is 11.1 Å². The summed E-state index contributed by atoms with van der Waals surface area (Å²) in [7, 11) is 0. The first-order valence-electron chi connectivity index (χ1n) is 2.84. The number of amides is 1. The summed E-state index contributed by atoms with van der Waals surface area (Å²) in [6.07, 6.45) is 2.32. The van der Waals surface area contributed by atoms with Crippen molar-refractivity contribution in [1.29, 1.82) is 0 Å². The molecule has 0 aromatic carbocycles. The Bertz CT molecular complexity index is 120. The molecular formula is C6H11NO2. The number of hydrogen-bond acceptors (Lipinski definition) is 1. The third-order valence-corrected chi connectivity index (χ3v) is 0.915. The average Bonchev–Trinajstić information content (AvgIpc) is 1.82. The van der Waals surface area contributed by atoms with Crippen molar-refractivity contribution >= 4 is 6.09 Å². The van der Waals surface area contributed by atoms with E-state index in [1.54, 1.807) is 19.9 Å². The Morgan fingerprint density at radius 1 is 1.78 bits per heavy atom. The molecule has 0 aliphatic rings. The van der Waals surface area contributed by atoms with Crippen molar-refractivity contribution in [2.24, 2.45) is 0 Å². The van der Waals surface area contributed by atoms with E-state index in [0.717, 1.165) is 0 Å². The normalized spacial score (nSPS) is 10.0. The first-order chi connectivity index (χ1) is 4.22. The standard InChI is InChI=1S/C6H11NO2/c1-3-5-7(4-2)6(8)9/h3,5H,4H2,1-2H3,(H,8,9)/b5-3-. The third-order valence-electron chi connectivity index (χ3n) is 0.915. The summed E-state index contributed by atoms with van der Waals surface area (Å²) in [4.78, 5) is 11.4. The Kier molecular flexibility index (Phi) is 3.51. The van der Waals surface area contributed by atoms with E-state index in [4.69, 9.17) is 5.11 Å². The lowest BCUT2D eigenvalue weighted by Gasteiger charge is -2.09. The minimum absolute atomic E-state index is 0.500. The van der Waals surface area contributed by atoms with E-state index in [0.29, 0.717) is 6.54 Å². The Labute approximate surface area is 54.6 Å². The van der Waals surface area contributed by atoms with Crippen LogP contribution in [0.2, 0.25) is 0 Å².